The van der Waals surface area contributed by atoms with Gasteiger partial charge in [-0.25, -0.2) is 0 Å². The minimum atomic E-state index is -0.398. The second-order valence-electron chi connectivity index (χ2n) is 4.35. The number of carbonyl (C=O) groups excluding carboxylic acids is 2. The molecule has 0 radical (unpaired) electrons. The molecule has 5 nitrogen and oxygen atoms in total. The first kappa shape index (κ1) is 11.3. The molecule has 0 bridgehead atoms. The molecule has 1 aliphatic rings. The second kappa shape index (κ2) is 3.58. The maximum atomic E-state index is 12.4. The van der Waals surface area contributed by atoms with Crippen LogP contribution in [0.4, 0.5) is 11.4 Å². The molecule has 0 heterocycles. The molecule has 0 unspecified atom stereocenters. The molecule has 3 rings (SSSR count). The van der Waals surface area contributed by atoms with Crippen LogP contribution in [0.25, 0.3) is 0 Å². The van der Waals surface area contributed by atoms with Crippen LogP contribution < -0.4 is 11.5 Å². The number of carbonyl (C=O) groups is 2. The number of benzene rings is 2. The van der Waals surface area contributed by atoms with Crippen molar-refractivity contribution in [1.82, 2.24) is 0 Å². The van der Waals surface area contributed by atoms with Crippen LogP contribution in [0.5, 0.6) is 5.75 Å². The van der Waals surface area contributed by atoms with Crippen LogP contribution in [0.1, 0.15) is 31.8 Å². The van der Waals surface area contributed by atoms with Gasteiger partial charge < -0.3 is 16.6 Å². The molecule has 0 saturated carbocycles. The molecule has 2 aromatic carbocycles. The van der Waals surface area contributed by atoms with E-state index in [0.29, 0.717) is 0 Å². The molecule has 1 aliphatic carbocycles. The Bertz CT molecular complexity index is 751. The van der Waals surface area contributed by atoms with Crippen molar-refractivity contribution in [2.75, 3.05) is 11.5 Å². The minimum Gasteiger partial charge on any atom is -0.506 e. The van der Waals surface area contributed by atoms with E-state index >= 15 is 0 Å². The van der Waals surface area contributed by atoms with Gasteiger partial charge in [0.15, 0.2) is 11.6 Å². The SMILES string of the molecule is Nc1cccc2c1C(=O)c1ccc(O)c(N)c1C2=O. The van der Waals surface area contributed by atoms with E-state index in [-0.39, 0.29) is 45.2 Å². The Labute approximate surface area is 108 Å². The van der Waals surface area contributed by atoms with Gasteiger partial charge >= 0.3 is 0 Å². The second-order valence-corrected chi connectivity index (χ2v) is 4.35. The molecule has 0 spiro atoms. The van der Waals surface area contributed by atoms with Crippen LogP contribution in [-0.2, 0) is 0 Å². The average Bonchev–Trinajstić information content (AvgIpc) is 2.39. The predicted molar refractivity (Wildman–Crippen MR) is 70.2 cm³/mol. The van der Waals surface area contributed by atoms with Gasteiger partial charge in [0.25, 0.3) is 0 Å². The lowest BCUT2D eigenvalue weighted by molar-refractivity contribution is 0.0980. The van der Waals surface area contributed by atoms with Gasteiger partial charge in [0.05, 0.1) is 16.8 Å². The van der Waals surface area contributed by atoms with Crippen LogP contribution in [0.2, 0.25) is 0 Å². The fourth-order valence-electron chi connectivity index (χ4n) is 2.32. The Hall–Kier alpha value is -2.82. The quantitative estimate of drug-likeness (QED) is 0.414. The lowest BCUT2D eigenvalue weighted by atomic mass is 9.82. The zero-order valence-electron chi connectivity index (χ0n) is 9.81. The van der Waals surface area contributed by atoms with E-state index in [2.05, 4.69) is 0 Å². The van der Waals surface area contributed by atoms with Gasteiger partial charge in [0.2, 0.25) is 0 Å². The Balaban J connectivity index is 2.40. The van der Waals surface area contributed by atoms with Crippen molar-refractivity contribution in [2.45, 2.75) is 0 Å². The molecule has 0 aliphatic heterocycles. The van der Waals surface area contributed by atoms with Crippen molar-refractivity contribution in [3.05, 3.63) is 52.6 Å². The molecule has 0 fully saturated rings. The van der Waals surface area contributed by atoms with Gasteiger partial charge in [-0.3, -0.25) is 9.59 Å². The summed E-state index contributed by atoms with van der Waals surface area (Å²) in [6.07, 6.45) is 0. The van der Waals surface area contributed by atoms with Crippen LogP contribution in [0, 0.1) is 0 Å². The summed E-state index contributed by atoms with van der Waals surface area (Å²) in [5, 5.41) is 9.57. The van der Waals surface area contributed by atoms with Crippen molar-refractivity contribution in [3.8, 4) is 5.75 Å². The Kier molecular flexibility index (Phi) is 2.13. The molecule has 2 aromatic rings. The van der Waals surface area contributed by atoms with Crippen molar-refractivity contribution < 1.29 is 14.7 Å². The van der Waals surface area contributed by atoms with Crippen LogP contribution >= 0.6 is 0 Å². The number of rotatable bonds is 0. The van der Waals surface area contributed by atoms with Gasteiger partial charge in [-0.2, -0.15) is 0 Å². The topological polar surface area (TPSA) is 106 Å². The highest BCUT2D eigenvalue weighted by molar-refractivity contribution is 6.31. The van der Waals surface area contributed by atoms with Crippen LogP contribution in [0.15, 0.2) is 30.3 Å². The van der Waals surface area contributed by atoms with E-state index < -0.39 is 5.78 Å². The summed E-state index contributed by atoms with van der Waals surface area (Å²) in [4.78, 5) is 24.7. The number of anilines is 2. The highest BCUT2D eigenvalue weighted by atomic mass is 16.3. The van der Waals surface area contributed by atoms with Crippen molar-refractivity contribution >= 4 is 22.9 Å². The number of aromatic hydroxyl groups is 1. The number of hydrogen-bond donors (Lipinski definition) is 3. The summed E-state index contributed by atoms with van der Waals surface area (Å²) in [6, 6.07) is 7.38. The summed E-state index contributed by atoms with van der Waals surface area (Å²) in [5.41, 5.74) is 12.3. The largest absolute Gasteiger partial charge is 0.506 e. The Morgan fingerprint density at radius 3 is 2.21 bits per heavy atom. The Morgan fingerprint density at radius 2 is 1.47 bits per heavy atom. The average molecular weight is 254 g/mol. The van der Waals surface area contributed by atoms with Crippen LogP contribution in [0.3, 0.4) is 0 Å². The van der Waals surface area contributed by atoms with E-state index in [9.17, 15) is 14.7 Å². The number of nitrogen functional groups attached to an aromatic ring is 2. The number of ketones is 2. The zero-order valence-corrected chi connectivity index (χ0v) is 9.81. The third-order valence-electron chi connectivity index (χ3n) is 3.26. The molecule has 0 atom stereocenters. The fraction of sp³-hybridized carbons (Fsp3) is 0. The van der Waals surface area contributed by atoms with Gasteiger partial charge in [0, 0.05) is 16.8 Å². The van der Waals surface area contributed by atoms with E-state index in [1.54, 1.807) is 12.1 Å². The fourth-order valence-corrected chi connectivity index (χ4v) is 2.32. The zero-order chi connectivity index (χ0) is 13.7. The van der Waals surface area contributed by atoms with E-state index in [0.717, 1.165) is 0 Å². The summed E-state index contributed by atoms with van der Waals surface area (Å²) < 4.78 is 0. The molecule has 19 heavy (non-hydrogen) atoms. The lowest BCUT2D eigenvalue weighted by Crippen LogP contribution is -2.23. The summed E-state index contributed by atoms with van der Waals surface area (Å²) in [7, 11) is 0. The van der Waals surface area contributed by atoms with E-state index in [1.807, 2.05) is 0 Å². The highest BCUT2D eigenvalue weighted by Gasteiger charge is 2.33. The molecule has 5 N–H and O–H groups in total. The summed E-state index contributed by atoms with van der Waals surface area (Å²) in [6.45, 7) is 0. The molecule has 94 valence electrons. The molecule has 0 aromatic heterocycles. The number of phenolic OH excluding ortho intramolecular Hbond substituents is 1. The first-order chi connectivity index (χ1) is 9.02. The van der Waals surface area contributed by atoms with Gasteiger partial charge in [-0.05, 0) is 18.2 Å². The minimum absolute atomic E-state index is 0.0445. The standard InChI is InChI=1S/C14H10N2O3/c15-8-3-1-2-6-10(8)13(18)7-4-5-9(17)12(16)11(7)14(6)19/h1-5,17H,15-16H2. The summed E-state index contributed by atoms with van der Waals surface area (Å²) in [5.74, 6) is -0.966. The number of hydrogen-bond acceptors (Lipinski definition) is 5. The molecular weight excluding hydrogens is 244 g/mol. The lowest BCUT2D eigenvalue weighted by Gasteiger charge is -2.20. The number of nitrogens with two attached hydrogens (primary N) is 2. The highest BCUT2D eigenvalue weighted by Crippen LogP contribution is 2.36. The Morgan fingerprint density at radius 1 is 0.842 bits per heavy atom. The maximum Gasteiger partial charge on any atom is 0.196 e. The predicted octanol–water partition coefficient (Wildman–Crippen LogP) is 1.33. The number of fused-ring (bicyclic) bond motifs is 2. The smallest absolute Gasteiger partial charge is 0.196 e. The van der Waals surface area contributed by atoms with Crippen LogP contribution in [-0.4, -0.2) is 16.7 Å². The molecule has 5 heteroatoms. The molecule has 0 amide bonds. The summed E-state index contributed by atoms with van der Waals surface area (Å²) >= 11 is 0. The first-order valence-electron chi connectivity index (χ1n) is 5.61. The van der Waals surface area contributed by atoms with Gasteiger partial charge in [-0.1, -0.05) is 12.1 Å². The van der Waals surface area contributed by atoms with Crippen molar-refractivity contribution in [3.63, 3.8) is 0 Å². The third-order valence-corrected chi connectivity index (χ3v) is 3.26. The monoisotopic (exact) mass is 254 g/mol. The maximum absolute atomic E-state index is 12.4. The normalized spacial score (nSPS) is 13.1. The van der Waals surface area contributed by atoms with Crippen molar-refractivity contribution in [2.24, 2.45) is 0 Å². The van der Waals surface area contributed by atoms with E-state index in [4.69, 9.17) is 11.5 Å². The molecule has 0 saturated heterocycles. The van der Waals surface area contributed by atoms with Gasteiger partial charge in [0.1, 0.15) is 5.75 Å². The first-order valence-corrected chi connectivity index (χ1v) is 5.61. The molecular formula is C14H10N2O3. The van der Waals surface area contributed by atoms with Gasteiger partial charge in [-0.15, -0.1) is 0 Å². The third kappa shape index (κ3) is 1.35. The van der Waals surface area contributed by atoms with E-state index in [1.165, 1.54) is 18.2 Å². The van der Waals surface area contributed by atoms with Crippen molar-refractivity contribution in [1.29, 1.82) is 0 Å². The number of phenols is 1.